The van der Waals surface area contributed by atoms with E-state index in [1.807, 2.05) is 0 Å². The number of rotatable bonds is 6. The van der Waals surface area contributed by atoms with Gasteiger partial charge in [-0.1, -0.05) is 67.0 Å². The molecule has 0 radical (unpaired) electrons. The van der Waals surface area contributed by atoms with Crippen molar-refractivity contribution in [1.29, 1.82) is 0 Å². The molecule has 2 spiro atoms. The lowest BCUT2D eigenvalue weighted by atomic mass is 9.48. The Balaban J connectivity index is 0.856. The minimum atomic E-state index is -0.269. The first-order chi connectivity index (χ1) is 41.3. The van der Waals surface area contributed by atoms with Crippen LogP contribution in [-0.4, -0.2) is 24.5 Å². The molecule has 0 saturated carbocycles. The molecule has 1 atom stereocenters. The van der Waals surface area contributed by atoms with Crippen LogP contribution < -0.4 is 0 Å². The Morgan fingerprint density at radius 1 is 0.393 bits per heavy atom. The third kappa shape index (κ3) is 2.24. The van der Waals surface area contributed by atoms with Gasteiger partial charge in [0.05, 0.1) is 10.8 Å². The van der Waals surface area contributed by atoms with Crippen molar-refractivity contribution in [3.05, 3.63) is 81.0 Å². The molecule has 6 aliphatic rings. The summed E-state index contributed by atoms with van der Waals surface area (Å²) in [5.74, 6) is 0. The SMILES string of the molecule is CC1=C(/C=C/C(C)=C/C=C/C(C)=C/CC2N(C)CC34c5c6c7c8c9c%10c(c%11c%12c3c3c5c5c%13c6c6c7c7c9c9c%14c%10c%10c%11c%11c%12c%12c3c3c5c5c%13c%13c6c6c7c9c7c9c%14c%10c%10c%11c%11c%12c3c3c5c5c%13c6c7c6c9c%10c%11c3c56)C824)C(C)(C)CCC1. The lowest BCUT2D eigenvalue weighted by Gasteiger charge is -2.52. The molecular formula is C83H35N. The third-order valence-corrected chi connectivity index (χ3v) is 29.5. The lowest BCUT2D eigenvalue weighted by Crippen LogP contribution is -2.54. The highest BCUT2D eigenvalue weighted by atomic mass is 15.2. The van der Waals surface area contributed by atoms with Crippen LogP contribution in [0.2, 0.25) is 0 Å². The summed E-state index contributed by atoms with van der Waals surface area (Å²) in [7, 11) is 2.61. The van der Waals surface area contributed by atoms with E-state index in [1.165, 1.54) is 30.4 Å². The summed E-state index contributed by atoms with van der Waals surface area (Å²) in [6.07, 6.45) is 19.5. The van der Waals surface area contributed by atoms with Crippen LogP contribution in [-0.2, 0) is 10.8 Å². The molecule has 1 heterocycles. The Hall–Kier alpha value is -8.88. The number of allylic oxidation sites excluding steroid dienone is 9. The van der Waals surface area contributed by atoms with Gasteiger partial charge in [0.2, 0.25) is 0 Å². The molecule has 0 amide bonds. The highest BCUT2D eigenvalue weighted by Crippen LogP contribution is 2.86. The maximum atomic E-state index is 3.00. The summed E-state index contributed by atoms with van der Waals surface area (Å²) in [6.45, 7) is 13.0. The van der Waals surface area contributed by atoms with Crippen molar-refractivity contribution in [2.45, 2.75) is 77.2 Å². The number of likely N-dealkylation sites (tertiary alicyclic amines) is 1. The molecule has 1 aliphatic heterocycles. The molecule has 28 aromatic carbocycles. The van der Waals surface area contributed by atoms with Crippen LogP contribution in [0.25, 0.3) is 291 Å². The maximum Gasteiger partial charge on any atom is 0.0536 e. The third-order valence-electron chi connectivity index (χ3n) is 29.5. The summed E-state index contributed by atoms with van der Waals surface area (Å²) in [4.78, 5) is 3.00. The van der Waals surface area contributed by atoms with E-state index in [2.05, 4.69) is 83.0 Å². The smallest absolute Gasteiger partial charge is 0.0536 e. The molecule has 0 aromatic heterocycles. The van der Waals surface area contributed by atoms with E-state index < -0.39 is 0 Å². The molecule has 84 heavy (non-hydrogen) atoms. The van der Waals surface area contributed by atoms with Gasteiger partial charge in [-0.15, -0.1) is 0 Å². The summed E-state index contributed by atoms with van der Waals surface area (Å²) >= 11 is 0. The fourth-order valence-corrected chi connectivity index (χ4v) is 28.5. The first-order valence-corrected chi connectivity index (χ1v) is 32.1. The van der Waals surface area contributed by atoms with Crippen molar-refractivity contribution in [2.24, 2.45) is 5.41 Å². The Kier molecular flexibility index (Phi) is 3.77. The standard InChI is InChI=1S/C83H35N/c1-18(12-14-21-20(3)11-8-16-81(21,4)5)9-7-10-19(2)13-15-22-83-79-73-67-57-45-37-29-25-23-24-27-31(29)39(45)49-43-35(27)36-28(24)32-30-26(23)34-33(25)41-47(37)55-61-51(41)52-42(34)48-38(30)46-40(32)50-44(36)54-53(43)65(59(49)67)75(79)76-66(54)60(50)68-58(46)64-56(48)62(52)70-69(61)77(71(73)63(55)57)82(83,17-84(22)6)78(70)72(64)74(68)80(76)83/h7,9-10,12-14,22H,8,11,15-17H2,1-6H3/b10-7+,14-12+,18-9+,19-13+. The monoisotopic (exact) mass is 1050 g/mol. The maximum absolute atomic E-state index is 3.00. The predicted molar refractivity (Wildman–Crippen MR) is 361 cm³/mol. The summed E-state index contributed by atoms with van der Waals surface area (Å²) in [6, 6.07) is 0.271. The van der Waals surface area contributed by atoms with Gasteiger partial charge in [0.1, 0.15) is 0 Å². The van der Waals surface area contributed by atoms with Crippen LogP contribution in [0.15, 0.2) is 58.7 Å². The molecule has 34 rings (SSSR count). The zero-order valence-electron chi connectivity index (χ0n) is 46.5. The van der Waals surface area contributed by atoms with Crippen molar-refractivity contribution in [3.63, 3.8) is 0 Å². The average molecular weight is 1050 g/mol. The Morgan fingerprint density at radius 2 is 0.679 bits per heavy atom. The molecule has 5 aliphatic carbocycles. The van der Waals surface area contributed by atoms with Crippen molar-refractivity contribution < 1.29 is 0 Å². The topological polar surface area (TPSA) is 3.24 Å². The second kappa shape index (κ2) is 8.81. The molecule has 1 nitrogen and oxygen atoms in total. The van der Waals surface area contributed by atoms with E-state index in [1.54, 1.807) is 324 Å². The van der Waals surface area contributed by atoms with Gasteiger partial charge in [-0.05, 0) is 378 Å². The second-order valence-electron chi connectivity index (χ2n) is 31.6. The number of likely N-dealkylation sites (N-methyl/N-ethyl adjacent to an activating group) is 1. The van der Waals surface area contributed by atoms with Gasteiger partial charge in [-0.2, -0.15) is 0 Å². The fourth-order valence-electron chi connectivity index (χ4n) is 28.5. The normalized spacial score (nSPS) is 24.4. The van der Waals surface area contributed by atoms with Gasteiger partial charge in [0.25, 0.3) is 0 Å². The van der Waals surface area contributed by atoms with Gasteiger partial charge < -0.3 is 4.90 Å². The zero-order valence-corrected chi connectivity index (χ0v) is 46.5. The summed E-state index contributed by atoms with van der Waals surface area (Å²) in [5.41, 5.74) is 12.7. The highest BCUT2D eigenvalue weighted by molar-refractivity contribution is 6.82. The van der Waals surface area contributed by atoms with Crippen LogP contribution >= 0.6 is 0 Å². The second-order valence-corrected chi connectivity index (χ2v) is 31.6. The summed E-state index contributed by atoms with van der Waals surface area (Å²) in [5, 5.41) is 90.8. The lowest BCUT2D eigenvalue weighted by molar-refractivity contribution is 0.267. The van der Waals surface area contributed by atoms with Gasteiger partial charge in [-0.3, -0.25) is 0 Å². The van der Waals surface area contributed by atoms with Gasteiger partial charge in [0.15, 0.2) is 0 Å². The van der Waals surface area contributed by atoms with Gasteiger partial charge >= 0.3 is 0 Å². The van der Waals surface area contributed by atoms with Crippen LogP contribution in [0.4, 0.5) is 0 Å². The number of hydrogen-bond acceptors (Lipinski definition) is 1. The first kappa shape index (κ1) is 36.0. The molecule has 0 N–H and O–H groups in total. The fraction of sp³-hybridized carbons (Fsp3) is 0.181. The Morgan fingerprint density at radius 3 is 0.976 bits per heavy atom. The van der Waals surface area contributed by atoms with Crippen molar-refractivity contribution >= 4 is 291 Å². The van der Waals surface area contributed by atoms with Crippen LogP contribution in [0, 0.1) is 5.41 Å². The molecule has 372 valence electrons. The molecular weight excluding hydrogens is 1010 g/mol. The number of benzene rings is 18. The minimum absolute atomic E-state index is 0.234. The molecule has 28 aromatic rings. The van der Waals surface area contributed by atoms with Crippen molar-refractivity contribution in [2.75, 3.05) is 13.6 Å². The largest absolute Gasteiger partial charge is 0.301 e. The zero-order chi connectivity index (χ0) is 52.2. The van der Waals surface area contributed by atoms with E-state index in [-0.39, 0.29) is 22.3 Å². The molecule has 1 heteroatoms. The van der Waals surface area contributed by atoms with Crippen molar-refractivity contribution in [1.82, 2.24) is 4.90 Å². The van der Waals surface area contributed by atoms with Gasteiger partial charge in [-0.25, -0.2) is 0 Å². The molecule has 1 fully saturated rings. The Labute approximate surface area is 470 Å². The molecule has 1 unspecified atom stereocenters. The van der Waals surface area contributed by atoms with Gasteiger partial charge in [0, 0.05) is 12.6 Å². The molecule has 0 bridgehead atoms. The predicted octanol–water partition coefficient (Wildman–Crippen LogP) is 22.5. The first-order valence-electron chi connectivity index (χ1n) is 32.1. The van der Waals surface area contributed by atoms with E-state index in [9.17, 15) is 0 Å². The van der Waals surface area contributed by atoms with E-state index in [0.29, 0.717) is 0 Å². The Bertz CT molecular complexity index is 7750. The highest BCUT2D eigenvalue weighted by Gasteiger charge is 2.75. The number of nitrogens with zero attached hydrogens (tertiary/aromatic N) is 1. The van der Waals surface area contributed by atoms with Crippen LogP contribution in [0.1, 0.15) is 82.6 Å². The molecule has 1 saturated heterocycles. The van der Waals surface area contributed by atoms with E-state index in [4.69, 9.17) is 0 Å². The van der Waals surface area contributed by atoms with Crippen molar-refractivity contribution in [3.8, 4) is 0 Å². The number of hydrogen-bond donors (Lipinski definition) is 0. The van der Waals surface area contributed by atoms with Crippen LogP contribution in [0.3, 0.4) is 0 Å². The summed E-state index contributed by atoms with van der Waals surface area (Å²) < 4.78 is 0. The quantitative estimate of drug-likeness (QED) is 0.118. The van der Waals surface area contributed by atoms with Crippen LogP contribution in [0.5, 0.6) is 0 Å². The average Bonchev–Trinajstić information content (AvgIpc) is 1.39. The van der Waals surface area contributed by atoms with E-state index >= 15 is 0 Å². The van der Waals surface area contributed by atoms with E-state index in [0.717, 1.165) is 13.0 Å². The minimum Gasteiger partial charge on any atom is -0.301 e.